The number of rotatable bonds is 8. The highest BCUT2D eigenvalue weighted by Crippen LogP contribution is 2.41. The summed E-state index contributed by atoms with van der Waals surface area (Å²) in [6.45, 7) is 1.32. The molecule has 0 heterocycles. The summed E-state index contributed by atoms with van der Waals surface area (Å²) in [6, 6.07) is 3.48. The van der Waals surface area contributed by atoms with Crippen LogP contribution in [-0.4, -0.2) is 35.8 Å². The van der Waals surface area contributed by atoms with Crippen molar-refractivity contribution in [3.8, 4) is 0 Å². The van der Waals surface area contributed by atoms with E-state index in [0.29, 0.717) is 23.9 Å². The number of alkyl halides is 9. The number of carbonyl (C=O) groups is 1. The Kier molecular flexibility index (Phi) is 10.9. The molecule has 1 amide bonds. The summed E-state index contributed by atoms with van der Waals surface area (Å²) in [5, 5.41) is 2.02. The third-order valence-corrected chi connectivity index (χ3v) is 7.73. The lowest BCUT2D eigenvalue weighted by molar-refractivity contribution is -0.139. The van der Waals surface area contributed by atoms with E-state index in [1.165, 1.54) is 6.92 Å². The van der Waals surface area contributed by atoms with Crippen molar-refractivity contribution in [1.29, 1.82) is 0 Å². The Morgan fingerprint density at radius 3 is 2.21 bits per heavy atom. The van der Waals surface area contributed by atoms with Crippen LogP contribution in [0.2, 0.25) is 10.0 Å². The number of hydrogen-bond donors (Lipinski definition) is 1. The fourth-order valence-corrected chi connectivity index (χ4v) is 4.88. The average molecular weight is 677 g/mol. The normalized spacial score (nSPS) is 14.6. The number of amides is 1. The average Bonchev–Trinajstić information content (AvgIpc) is 2.74. The Hall–Kier alpha value is -1.57. The van der Waals surface area contributed by atoms with Gasteiger partial charge in [0.05, 0.1) is 32.8 Å². The minimum Gasteiger partial charge on any atom is -0.349 e. The van der Waals surface area contributed by atoms with E-state index in [0.717, 1.165) is 30.3 Å². The van der Waals surface area contributed by atoms with Gasteiger partial charge in [0.1, 0.15) is 0 Å². The third kappa shape index (κ3) is 9.56. The minimum absolute atomic E-state index is 0.0164. The van der Waals surface area contributed by atoms with Gasteiger partial charge in [0.25, 0.3) is 5.91 Å². The van der Waals surface area contributed by atoms with Gasteiger partial charge < -0.3 is 5.32 Å². The summed E-state index contributed by atoms with van der Waals surface area (Å²) in [4.78, 5) is 12.4. The Bertz CT molecular complexity index is 1160. The van der Waals surface area contributed by atoms with Gasteiger partial charge in [-0.15, -0.1) is 0 Å². The summed E-state index contributed by atoms with van der Waals surface area (Å²) in [5.74, 6) is -4.85. The van der Waals surface area contributed by atoms with E-state index in [1.54, 1.807) is 0 Å². The van der Waals surface area contributed by atoms with E-state index < -0.39 is 53.3 Å². The molecule has 0 radical (unpaired) electrons. The van der Waals surface area contributed by atoms with Crippen molar-refractivity contribution in [1.82, 2.24) is 5.32 Å². The highest BCUT2D eigenvalue weighted by molar-refractivity contribution is 9.10. The molecule has 2 nitrogen and oxygen atoms in total. The number of hydrogen-bond acceptors (Lipinski definition) is 2. The minimum atomic E-state index is -5.05. The second-order valence-electron chi connectivity index (χ2n) is 7.98. The first-order chi connectivity index (χ1) is 17.3. The molecular weight excluding hydrogens is 660 g/mol. The molecule has 0 saturated heterocycles. The van der Waals surface area contributed by atoms with Gasteiger partial charge in [0, 0.05) is 16.3 Å². The summed E-state index contributed by atoms with van der Waals surface area (Å²) in [5.41, 5.74) is -2.85. The van der Waals surface area contributed by atoms with Crippen LogP contribution in [0.1, 0.15) is 39.9 Å². The molecule has 2 atom stereocenters. The summed E-state index contributed by atoms with van der Waals surface area (Å²) in [6.07, 6.45) is -12.9. The highest BCUT2D eigenvalue weighted by Gasteiger charge is 2.40. The first-order valence-corrected chi connectivity index (χ1v) is 13.1. The lowest BCUT2D eigenvalue weighted by atomic mass is 9.96. The van der Waals surface area contributed by atoms with Crippen LogP contribution in [0.5, 0.6) is 0 Å². The Morgan fingerprint density at radius 2 is 1.68 bits per heavy atom. The molecule has 2 aromatic carbocycles. The zero-order chi connectivity index (χ0) is 29.1. The largest absolute Gasteiger partial charge is 0.417 e. The van der Waals surface area contributed by atoms with E-state index in [1.807, 2.05) is 0 Å². The van der Waals surface area contributed by atoms with Crippen LogP contribution in [0.3, 0.4) is 0 Å². The van der Waals surface area contributed by atoms with E-state index in [2.05, 4.69) is 21.2 Å². The van der Waals surface area contributed by atoms with Crippen LogP contribution in [0.15, 0.2) is 40.9 Å². The predicted molar refractivity (Wildman–Crippen MR) is 134 cm³/mol. The molecule has 15 heteroatoms. The smallest absolute Gasteiger partial charge is 0.349 e. The molecule has 0 bridgehead atoms. The van der Waals surface area contributed by atoms with Crippen molar-refractivity contribution >= 4 is 62.9 Å². The second kappa shape index (κ2) is 12.7. The maximum Gasteiger partial charge on any atom is 0.417 e. The number of carbonyl (C=O) groups excluding carboxylic acids is 1. The maximum atomic E-state index is 13.7. The van der Waals surface area contributed by atoms with Gasteiger partial charge in [-0.3, -0.25) is 4.79 Å². The predicted octanol–water partition coefficient (Wildman–Crippen LogP) is 9.55. The molecular formula is C23H17BrCl2F9NOS. The number of thioether (sulfide) groups is 1. The fourth-order valence-electron chi connectivity index (χ4n) is 3.16. The molecule has 1 N–H and O–H groups in total. The van der Waals surface area contributed by atoms with E-state index >= 15 is 0 Å². The van der Waals surface area contributed by atoms with E-state index in [9.17, 15) is 44.3 Å². The zero-order valence-corrected chi connectivity index (χ0v) is 22.9. The molecule has 0 fully saturated rings. The van der Waals surface area contributed by atoms with Crippen molar-refractivity contribution in [2.24, 2.45) is 0 Å². The molecule has 0 aliphatic rings. The van der Waals surface area contributed by atoms with Gasteiger partial charge in [-0.2, -0.15) is 51.3 Å². The van der Waals surface area contributed by atoms with Gasteiger partial charge in [0.15, 0.2) is 0 Å². The molecule has 2 unspecified atom stereocenters. The molecule has 210 valence electrons. The first kappa shape index (κ1) is 32.6. The van der Waals surface area contributed by atoms with Crippen molar-refractivity contribution in [3.05, 3.63) is 73.2 Å². The summed E-state index contributed by atoms with van der Waals surface area (Å²) < 4.78 is 119. The third-order valence-electron chi connectivity index (χ3n) is 4.80. The van der Waals surface area contributed by atoms with Crippen molar-refractivity contribution in [2.45, 2.75) is 37.4 Å². The van der Waals surface area contributed by atoms with Crippen LogP contribution >= 0.6 is 50.9 Å². The van der Waals surface area contributed by atoms with Crippen molar-refractivity contribution in [2.75, 3.05) is 11.5 Å². The highest BCUT2D eigenvalue weighted by atomic mass is 79.9. The monoisotopic (exact) mass is 675 g/mol. The molecule has 2 rings (SSSR count). The fraction of sp³-hybridized carbons (Fsp3) is 0.348. The summed E-state index contributed by atoms with van der Waals surface area (Å²) >= 11 is 15.2. The SMILES string of the molecule is CC(CSCC(F)(F)F)NC(=O)c1ccc(/C=C/C(c2cc(Cl)c(Cl)c(Br)c2)C(F)(F)F)cc1C(F)(F)F. The lowest BCUT2D eigenvalue weighted by Gasteiger charge is -2.19. The van der Waals surface area contributed by atoms with Gasteiger partial charge >= 0.3 is 18.5 Å². The van der Waals surface area contributed by atoms with Crippen molar-refractivity contribution < 1.29 is 44.3 Å². The lowest BCUT2D eigenvalue weighted by Crippen LogP contribution is -2.35. The molecule has 2 aromatic rings. The van der Waals surface area contributed by atoms with Gasteiger partial charge in [-0.05, 0) is 58.2 Å². The maximum absolute atomic E-state index is 13.7. The van der Waals surface area contributed by atoms with Crippen LogP contribution in [0, 0.1) is 0 Å². The zero-order valence-electron chi connectivity index (χ0n) is 19.0. The van der Waals surface area contributed by atoms with Gasteiger partial charge in [-0.25, -0.2) is 0 Å². The molecule has 38 heavy (non-hydrogen) atoms. The second-order valence-corrected chi connectivity index (χ2v) is 10.7. The Balaban J connectivity index is 2.34. The van der Waals surface area contributed by atoms with E-state index in [-0.39, 0.29) is 31.4 Å². The van der Waals surface area contributed by atoms with Gasteiger partial charge in [0.2, 0.25) is 0 Å². The molecule has 0 aromatic heterocycles. The number of allylic oxidation sites excluding steroid dienone is 1. The van der Waals surface area contributed by atoms with Gasteiger partial charge in [-0.1, -0.05) is 41.4 Å². The number of halogens is 12. The van der Waals surface area contributed by atoms with Crippen molar-refractivity contribution in [3.63, 3.8) is 0 Å². The molecule has 0 spiro atoms. The van der Waals surface area contributed by atoms with Crippen LogP contribution in [0.4, 0.5) is 39.5 Å². The molecule has 0 aliphatic carbocycles. The van der Waals surface area contributed by atoms with Crippen LogP contribution < -0.4 is 5.32 Å². The number of nitrogens with one attached hydrogen (secondary N) is 1. The number of benzene rings is 2. The quantitative estimate of drug-likeness (QED) is 0.223. The first-order valence-electron chi connectivity index (χ1n) is 10.4. The van der Waals surface area contributed by atoms with Crippen LogP contribution in [0.25, 0.3) is 6.08 Å². The topological polar surface area (TPSA) is 29.1 Å². The molecule has 0 aliphatic heterocycles. The van der Waals surface area contributed by atoms with E-state index in [4.69, 9.17) is 23.2 Å². The Morgan fingerprint density at radius 1 is 1.05 bits per heavy atom. The van der Waals surface area contributed by atoms with Crippen LogP contribution in [-0.2, 0) is 6.18 Å². The Labute approximate surface area is 234 Å². The molecule has 0 saturated carbocycles. The standard InChI is InChI=1S/C23H17BrCl2F9NOS/c1-11(9-38-10-21(27,28)29)36-20(37)14-4-2-12(6-16(14)23(33,34)35)3-5-15(22(30,31)32)13-7-17(24)19(26)18(25)8-13/h2-8,11,15H,9-10H2,1H3,(H,36,37)/b5-3+. The summed E-state index contributed by atoms with van der Waals surface area (Å²) in [7, 11) is 0.